The third-order valence-corrected chi connectivity index (χ3v) is 2.64. The highest BCUT2D eigenvalue weighted by molar-refractivity contribution is 5.23. The minimum Gasteiger partial charge on any atom is -0.393 e. The Hall–Kier alpha value is -1.07. The summed E-state index contributed by atoms with van der Waals surface area (Å²) >= 11 is 0. The summed E-state index contributed by atoms with van der Waals surface area (Å²) in [5, 5.41) is 9.39. The molecule has 0 aliphatic carbocycles. The molecular weight excluding hydrogens is 221 g/mol. The van der Waals surface area contributed by atoms with Gasteiger partial charge in [-0.1, -0.05) is 0 Å². The molecule has 16 heavy (non-hydrogen) atoms. The number of ether oxygens (including phenoxy) is 1. The van der Waals surface area contributed by atoms with Gasteiger partial charge >= 0.3 is 0 Å². The lowest BCUT2D eigenvalue weighted by atomic mass is 9.99. The van der Waals surface area contributed by atoms with Crippen molar-refractivity contribution in [1.82, 2.24) is 0 Å². The topological polar surface area (TPSA) is 29.5 Å². The van der Waals surface area contributed by atoms with Crippen molar-refractivity contribution < 1.29 is 23.0 Å². The van der Waals surface area contributed by atoms with Gasteiger partial charge in [-0.25, -0.2) is 13.2 Å². The summed E-state index contributed by atoms with van der Waals surface area (Å²) in [6.07, 6.45) is -0.630. The second-order valence-electron chi connectivity index (χ2n) is 3.83. The van der Waals surface area contributed by atoms with Gasteiger partial charge in [0.05, 0.1) is 12.2 Å². The van der Waals surface area contributed by atoms with Crippen LogP contribution in [0.3, 0.4) is 0 Å². The van der Waals surface area contributed by atoms with E-state index < -0.39 is 29.7 Å². The Balaban J connectivity index is 2.29. The Morgan fingerprint density at radius 1 is 1.12 bits per heavy atom. The van der Waals surface area contributed by atoms with Crippen LogP contribution in [0.1, 0.15) is 24.5 Å². The number of hydrogen-bond acceptors (Lipinski definition) is 2. The Bertz CT molecular complexity index is 395. The molecule has 88 valence electrons. The van der Waals surface area contributed by atoms with Crippen LogP contribution in [-0.2, 0) is 4.74 Å². The minimum absolute atomic E-state index is 0.0438. The summed E-state index contributed by atoms with van der Waals surface area (Å²) in [5.41, 5.74) is -0.0438. The third-order valence-electron chi connectivity index (χ3n) is 2.64. The molecule has 1 aromatic carbocycles. The molecule has 1 aromatic rings. The fourth-order valence-electron chi connectivity index (χ4n) is 1.78. The summed E-state index contributed by atoms with van der Waals surface area (Å²) in [6, 6.07) is 1.28. The van der Waals surface area contributed by atoms with Gasteiger partial charge in [0.1, 0.15) is 5.82 Å². The number of rotatable bonds is 1. The van der Waals surface area contributed by atoms with Crippen LogP contribution < -0.4 is 0 Å². The van der Waals surface area contributed by atoms with Gasteiger partial charge in [0.2, 0.25) is 0 Å². The molecule has 2 rings (SSSR count). The normalized spacial score (nSPS) is 25.8. The molecule has 1 fully saturated rings. The SMILES string of the molecule is OC1CCOC(c2cc(F)c(F)cc2F)C1. The second kappa shape index (κ2) is 4.43. The zero-order valence-electron chi connectivity index (χ0n) is 8.42. The molecule has 1 heterocycles. The highest BCUT2D eigenvalue weighted by atomic mass is 19.2. The molecule has 1 aliphatic heterocycles. The van der Waals surface area contributed by atoms with Gasteiger partial charge in [0.15, 0.2) is 11.6 Å². The van der Waals surface area contributed by atoms with Crippen LogP contribution in [0, 0.1) is 17.5 Å². The summed E-state index contributed by atoms with van der Waals surface area (Å²) in [4.78, 5) is 0. The molecule has 0 saturated carbocycles. The largest absolute Gasteiger partial charge is 0.393 e. The van der Waals surface area contributed by atoms with E-state index in [2.05, 4.69) is 0 Å². The number of halogens is 3. The van der Waals surface area contributed by atoms with Gasteiger partial charge < -0.3 is 9.84 Å². The predicted octanol–water partition coefficient (Wildman–Crippen LogP) is 2.32. The van der Waals surface area contributed by atoms with E-state index in [9.17, 15) is 18.3 Å². The van der Waals surface area contributed by atoms with E-state index in [0.29, 0.717) is 12.5 Å². The van der Waals surface area contributed by atoms with Crippen molar-refractivity contribution in [3.63, 3.8) is 0 Å². The van der Waals surface area contributed by atoms with Crippen LogP contribution in [0.2, 0.25) is 0 Å². The van der Waals surface area contributed by atoms with Crippen molar-refractivity contribution in [1.29, 1.82) is 0 Å². The standard InChI is InChI=1S/C11H11F3O2/c12-8-5-10(14)9(13)4-7(8)11-3-6(15)1-2-16-11/h4-6,11,15H,1-3H2. The quantitative estimate of drug-likeness (QED) is 0.753. The van der Waals surface area contributed by atoms with Crippen molar-refractivity contribution in [3.05, 3.63) is 35.1 Å². The number of aliphatic hydroxyl groups excluding tert-OH is 1. The molecule has 1 aliphatic rings. The van der Waals surface area contributed by atoms with Gasteiger partial charge in [-0.2, -0.15) is 0 Å². The molecule has 1 N–H and O–H groups in total. The van der Waals surface area contributed by atoms with E-state index in [1.807, 2.05) is 0 Å². The Labute approximate surface area is 90.7 Å². The fourth-order valence-corrected chi connectivity index (χ4v) is 1.78. The number of hydrogen-bond donors (Lipinski definition) is 1. The van der Waals surface area contributed by atoms with Crippen LogP contribution >= 0.6 is 0 Å². The Morgan fingerprint density at radius 2 is 1.81 bits per heavy atom. The van der Waals surface area contributed by atoms with E-state index in [4.69, 9.17) is 4.74 Å². The van der Waals surface area contributed by atoms with Gasteiger partial charge in [0.25, 0.3) is 0 Å². The molecule has 0 bridgehead atoms. The molecule has 1 saturated heterocycles. The van der Waals surface area contributed by atoms with E-state index >= 15 is 0 Å². The van der Waals surface area contributed by atoms with Gasteiger partial charge in [-0.3, -0.25) is 0 Å². The molecule has 0 amide bonds. The van der Waals surface area contributed by atoms with E-state index in [1.165, 1.54) is 0 Å². The van der Waals surface area contributed by atoms with Crippen molar-refractivity contribution in [2.45, 2.75) is 25.0 Å². The monoisotopic (exact) mass is 232 g/mol. The summed E-state index contributed by atoms with van der Waals surface area (Å²) in [5.74, 6) is -3.18. The van der Waals surface area contributed by atoms with Gasteiger partial charge in [-0.15, -0.1) is 0 Å². The Morgan fingerprint density at radius 3 is 2.50 bits per heavy atom. The molecule has 5 heteroatoms. The summed E-state index contributed by atoms with van der Waals surface area (Å²) in [7, 11) is 0. The predicted molar refractivity (Wildman–Crippen MR) is 50.2 cm³/mol. The second-order valence-corrected chi connectivity index (χ2v) is 3.83. The van der Waals surface area contributed by atoms with Gasteiger partial charge in [-0.05, 0) is 12.5 Å². The lowest BCUT2D eigenvalue weighted by Gasteiger charge is -2.27. The highest BCUT2D eigenvalue weighted by Gasteiger charge is 2.25. The lowest BCUT2D eigenvalue weighted by Crippen LogP contribution is -2.24. The molecule has 2 unspecified atom stereocenters. The van der Waals surface area contributed by atoms with Crippen molar-refractivity contribution >= 4 is 0 Å². The van der Waals surface area contributed by atoms with E-state index in [0.717, 1.165) is 6.07 Å². The number of aliphatic hydroxyl groups is 1. The van der Waals surface area contributed by atoms with Crippen LogP contribution in [0.15, 0.2) is 12.1 Å². The molecule has 0 radical (unpaired) electrons. The maximum atomic E-state index is 13.4. The van der Waals surface area contributed by atoms with E-state index in [1.54, 1.807) is 0 Å². The van der Waals surface area contributed by atoms with Crippen molar-refractivity contribution in [2.24, 2.45) is 0 Å². The maximum absolute atomic E-state index is 13.4. The average Bonchev–Trinajstić information content (AvgIpc) is 2.23. The molecule has 2 atom stereocenters. The lowest BCUT2D eigenvalue weighted by molar-refractivity contribution is -0.0463. The first-order chi connectivity index (χ1) is 7.58. The zero-order valence-corrected chi connectivity index (χ0v) is 8.42. The molecule has 0 spiro atoms. The van der Waals surface area contributed by atoms with Crippen LogP contribution in [0.4, 0.5) is 13.2 Å². The summed E-state index contributed by atoms with van der Waals surface area (Å²) in [6.45, 7) is 0.282. The first-order valence-corrected chi connectivity index (χ1v) is 5.02. The third kappa shape index (κ3) is 2.20. The van der Waals surface area contributed by atoms with E-state index in [-0.39, 0.29) is 18.6 Å². The molecular formula is C11H11F3O2. The van der Waals surface area contributed by atoms with Crippen LogP contribution in [0.25, 0.3) is 0 Å². The van der Waals surface area contributed by atoms with Crippen molar-refractivity contribution in [2.75, 3.05) is 6.61 Å². The smallest absolute Gasteiger partial charge is 0.161 e. The molecule has 0 aromatic heterocycles. The average molecular weight is 232 g/mol. The van der Waals surface area contributed by atoms with Crippen molar-refractivity contribution in [3.8, 4) is 0 Å². The zero-order chi connectivity index (χ0) is 11.7. The van der Waals surface area contributed by atoms with Crippen LogP contribution in [0.5, 0.6) is 0 Å². The Kier molecular flexibility index (Phi) is 3.16. The molecule has 2 nitrogen and oxygen atoms in total. The first-order valence-electron chi connectivity index (χ1n) is 5.02. The fraction of sp³-hybridized carbons (Fsp3) is 0.455. The first kappa shape index (κ1) is 11.4. The maximum Gasteiger partial charge on any atom is 0.161 e. The van der Waals surface area contributed by atoms with Crippen LogP contribution in [-0.4, -0.2) is 17.8 Å². The number of benzene rings is 1. The highest BCUT2D eigenvalue weighted by Crippen LogP contribution is 2.30. The minimum atomic E-state index is -1.22. The van der Waals surface area contributed by atoms with Gasteiger partial charge in [0, 0.05) is 24.7 Å². The summed E-state index contributed by atoms with van der Waals surface area (Å²) < 4.78 is 44.2.